The maximum Gasteiger partial charge on any atom is 0.332 e. The van der Waals surface area contributed by atoms with E-state index < -0.39 is 4.92 Å². The summed E-state index contributed by atoms with van der Waals surface area (Å²) < 4.78 is 0. The number of carbonyl (C=O) groups is 1. The largest absolute Gasteiger partial charge is 0.369 e. The van der Waals surface area contributed by atoms with Crippen molar-refractivity contribution in [2.45, 2.75) is 19.8 Å². The summed E-state index contributed by atoms with van der Waals surface area (Å²) in [5.41, 5.74) is 10.9. The van der Waals surface area contributed by atoms with E-state index in [2.05, 4.69) is 9.97 Å². The summed E-state index contributed by atoms with van der Waals surface area (Å²) in [6.45, 7) is 2.48. The minimum atomic E-state index is -0.510. The summed E-state index contributed by atoms with van der Waals surface area (Å²) >= 11 is 0. The lowest BCUT2D eigenvalue weighted by atomic mass is 9.96. The number of nitrogens with two attached hydrogens (primary N) is 2. The monoisotopic (exact) mass is 280 g/mol. The molecule has 9 nitrogen and oxygen atoms in total. The predicted molar refractivity (Wildman–Crippen MR) is 72.0 cm³/mol. The van der Waals surface area contributed by atoms with Gasteiger partial charge in [0.05, 0.1) is 4.92 Å². The lowest BCUT2D eigenvalue weighted by Gasteiger charge is -2.31. The molecule has 0 unspecified atom stereocenters. The van der Waals surface area contributed by atoms with Gasteiger partial charge in [-0.3, -0.25) is 14.9 Å². The summed E-state index contributed by atoms with van der Waals surface area (Å²) in [6.07, 6.45) is 1.10. The molecule has 108 valence electrons. The van der Waals surface area contributed by atoms with Crippen molar-refractivity contribution in [3.05, 3.63) is 15.8 Å². The van der Waals surface area contributed by atoms with Crippen molar-refractivity contribution in [3.63, 3.8) is 0 Å². The van der Waals surface area contributed by atoms with Gasteiger partial charge in [0.2, 0.25) is 17.7 Å². The molecule has 4 N–H and O–H groups in total. The standard InChI is InChI=1S/C11H16N6O3/c1-6-8(17(19)20)10(15-11(13)14-6)16-4-2-7(3-5-16)9(12)18/h7H,2-5H2,1H3,(H2,12,18)(H2,13,14,15). The van der Waals surface area contributed by atoms with Crippen LogP contribution in [0.2, 0.25) is 0 Å². The van der Waals surface area contributed by atoms with E-state index in [0.717, 1.165) is 0 Å². The maximum atomic E-state index is 11.2. The van der Waals surface area contributed by atoms with E-state index in [1.807, 2.05) is 0 Å². The van der Waals surface area contributed by atoms with Crippen molar-refractivity contribution < 1.29 is 9.72 Å². The highest BCUT2D eigenvalue weighted by Gasteiger charge is 2.30. The molecular formula is C11H16N6O3. The molecule has 1 aromatic rings. The van der Waals surface area contributed by atoms with Gasteiger partial charge in [0.25, 0.3) is 0 Å². The fourth-order valence-electron chi connectivity index (χ4n) is 2.38. The quantitative estimate of drug-likeness (QED) is 0.585. The lowest BCUT2D eigenvalue weighted by molar-refractivity contribution is -0.385. The molecule has 0 aromatic carbocycles. The zero-order valence-corrected chi connectivity index (χ0v) is 11.1. The van der Waals surface area contributed by atoms with Gasteiger partial charge < -0.3 is 16.4 Å². The van der Waals surface area contributed by atoms with Crippen LogP contribution in [0.25, 0.3) is 0 Å². The van der Waals surface area contributed by atoms with Crippen molar-refractivity contribution in [2.75, 3.05) is 23.7 Å². The van der Waals surface area contributed by atoms with Gasteiger partial charge in [-0.2, -0.15) is 4.98 Å². The summed E-state index contributed by atoms with van der Waals surface area (Å²) in [5.74, 6) is -0.314. The molecule has 1 aliphatic rings. The first-order valence-electron chi connectivity index (χ1n) is 6.23. The third-order valence-corrected chi connectivity index (χ3v) is 3.44. The Kier molecular flexibility index (Phi) is 3.68. The van der Waals surface area contributed by atoms with E-state index in [1.165, 1.54) is 6.92 Å². The topological polar surface area (TPSA) is 141 Å². The Morgan fingerprint density at radius 2 is 2.00 bits per heavy atom. The number of nitrogens with zero attached hydrogens (tertiary/aromatic N) is 4. The van der Waals surface area contributed by atoms with Crippen LogP contribution in [-0.4, -0.2) is 33.9 Å². The van der Waals surface area contributed by atoms with Gasteiger partial charge >= 0.3 is 5.69 Å². The molecule has 2 heterocycles. The van der Waals surface area contributed by atoms with E-state index in [-0.39, 0.29) is 35.0 Å². The number of amides is 1. The number of anilines is 2. The van der Waals surface area contributed by atoms with E-state index >= 15 is 0 Å². The molecule has 0 aliphatic carbocycles. The Hall–Kier alpha value is -2.45. The van der Waals surface area contributed by atoms with Gasteiger partial charge in [-0.25, -0.2) is 4.98 Å². The average Bonchev–Trinajstić information content (AvgIpc) is 2.37. The number of nitrogen functional groups attached to an aromatic ring is 1. The van der Waals surface area contributed by atoms with E-state index in [0.29, 0.717) is 25.9 Å². The number of hydrogen-bond acceptors (Lipinski definition) is 7. The number of aromatic nitrogens is 2. The second-order valence-electron chi connectivity index (χ2n) is 4.76. The number of hydrogen-bond donors (Lipinski definition) is 2. The highest BCUT2D eigenvalue weighted by atomic mass is 16.6. The first-order valence-corrected chi connectivity index (χ1v) is 6.23. The molecule has 1 aliphatic heterocycles. The first kappa shape index (κ1) is 14.0. The predicted octanol–water partition coefficient (Wildman–Crippen LogP) is -0.0229. The van der Waals surface area contributed by atoms with Crippen LogP contribution in [0.1, 0.15) is 18.5 Å². The van der Waals surface area contributed by atoms with Gasteiger partial charge in [-0.05, 0) is 19.8 Å². The summed E-state index contributed by atoms with van der Waals surface area (Å²) in [4.78, 5) is 31.3. The number of nitro groups is 1. The summed E-state index contributed by atoms with van der Waals surface area (Å²) in [5, 5.41) is 11.2. The first-order chi connectivity index (χ1) is 9.40. The Bertz CT molecular complexity index is 553. The zero-order valence-electron chi connectivity index (χ0n) is 11.1. The van der Waals surface area contributed by atoms with Crippen LogP contribution in [0.5, 0.6) is 0 Å². The lowest BCUT2D eigenvalue weighted by Crippen LogP contribution is -2.39. The molecule has 0 radical (unpaired) electrons. The molecule has 9 heteroatoms. The van der Waals surface area contributed by atoms with Crippen LogP contribution in [0.4, 0.5) is 17.5 Å². The molecule has 0 spiro atoms. The van der Waals surface area contributed by atoms with Crippen LogP contribution in [-0.2, 0) is 4.79 Å². The molecule has 20 heavy (non-hydrogen) atoms. The molecule has 2 rings (SSSR count). The maximum absolute atomic E-state index is 11.2. The Morgan fingerprint density at radius 1 is 1.40 bits per heavy atom. The third-order valence-electron chi connectivity index (χ3n) is 3.44. The summed E-state index contributed by atoms with van der Waals surface area (Å²) in [6, 6.07) is 0. The van der Waals surface area contributed by atoms with Crippen molar-refractivity contribution in [1.82, 2.24) is 9.97 Å². The number of carbonyl (C=O) groups excluding carboxylic acids is 1. The molecule has 1 fully saturated rings. The Labute approximate surface area is 115 Å². The Morgan fingerprint density at radius 3 is 2.50 bits per heavy atom. The molecule has 1 aromatic heterocycles. The highest BCUT2D eigenvalue weighted by Crippen LogP contribution is 2.31. The van der Waals surface area contributed by atoms with Crippen LogP contribution in [0.15, 0.2) is 0 Å². The van der Waals surface area contributed by atoms with Crippen molar-refractivity contribution in [1.29, 1.82) is 0 Å². The number of piperidine rings is 1. The van der Waals surface area contributed by atoms with Gasteiger partial charge in [-0.1, -0.05) is 0 Å². The highest BCUT2D eigenvalue weighted by molar-refractivity contribution is 5.77. The third kappa shape index (κ3) is 2.60. The average molecular weight is 280 g/mol. The molecule has 1 amide bonds. The van der Waals surface area contributed by atoms with Gasteiger partial charge in [0.1, 0.15) is 5.69 Å². The van der Waals surface area contributed by atoms with Crippen LogP contribution in [0.3, 0.4) is 0 Å². The van der Waals surface area contributed by atoms with Crippen LogP contribution in [0, 0.1) is 23.0 Å². The normalized spacial score (nSPS) is 16.1. The van der Waals surface area contributed by atoms with Gasteiger partial charge in [0.15, 0.2) is 0 Å². The minimum absolute atomic E-state index is 0.000115. The smallest absolute Gasteiger partial charge is 0.332 e. The molecule has 0 saturated carbocycles. The second-order valence-corrected chi connectivity index (χ2v) is 4.76. The van der Waals surface area contributed by atoms with Gasteiger partial charge in [0, 0.05) is 19.0 Å². The van der Waals surface area contributed by atoms with Gasteiger partial charge in [-0.15, -0.1) is 0 Å². The van der Waals surface area contributed by atoms with Crippen molar-refractivity contribution in [3.8, 4) is 0 Å². The SMILES string of the molecule is Cc1nc(N)nc(N2CCC(C(N)=O)CC2)c1[N+](=O)[O-]. The number of rotatable bonds is 3. The summed E-state index contributed by atoms with van der Waals surface area (Å²) in [7, 11) is 0. The fourth-order valence-corrected chi connectivity index (χ4v) is 2.38. The van der Waals surface area contributed by atoms with E-state index in [4.69, 9.17) is 11.5 Å². The van der Waals surface area contributed by atoms with E-state index in [9.17, 15) is 14.9 Å². The fraction of sp³-hybridized carbons (Fsp3) is 0.545. The van der Waals surface area contributed by atoms with Crippen LogP contribution < -0.4 is 16.4 Å². The van der Waals surface area contributed by atoms with Crippen molar-refractivity contribution >= 4 is 23.4 Å². The molecule has 0 bridgehead atoms. The number of primary amides is 1. The Balaban J connectivity index is 2.30. The second kappa shape index (κ2) is 5.27. The molecule has 0 atom stereocenters. The number of aryl methyl sites for hydroxylation is 1. The van der Waals surface area contributed by atoms with E-state index in [1.54, 1.807) is 4.90 Å². The minimum Gasteiger partial charge on any atom is -0.369 e. The molecule has 1 saturated heterocycles. The van der Waals surface area contributed by atoms with Crippen molar-refractivity contribution in [2.24, 2.45) is 11.7 Å². The molecular weight excluding hydrogens is 264 g/mol. The van der Waals surface area contributed by atoms with Crippen LogP contribution >= 0.6 is 0 Å². The zero-order chi connectivity index (χ0) is 14.9.